The molecule has 0 aromatic heterocycles. The van der Waals surface area contributed by atoms with Gasteiger partial charge < -0.3 is 14.8 Å². The summed E-state index contributed by atoms with van der Waals surface area (Å²) >= 11 is 3.52. The van der Waals surface area contributed by atoms with E-state index in [2.05, 4.69) is 41.7 Å². The number of carbonyl (C=O) groups is 1. The van der Waals surface area contributed by atoms with E-state index >= 15 is 0 Å². The van der Waals surface area contributed by atoms with E-state index in [1.54, 1.807) is 6.07 Å². The molecule has 0 saturated carbocycles. The van der Waals surface area contributed by atoms with Gasteiger partial charge in [-0.2, -0.15) is 0 Å². The van der Waals surface area contributed by atoms with Gasteiger partial charge in [0.2, 0.25) is 0 Å². The van der Waals surface area contributed by atoms with Crippen LogP contribution >= 0.6 is 15.9 Å². The fourth-order valence-corrected chi connectivity index (χ4v) is 2.90. The lowest BCUT2D eigenvalue weighted by atomic mass is 9.99. The molecule has 0 heterocycles. The number of ether oxygens (including phenoxy) is 2. The maximum Gasteiger partial charge on any atom is 0.262 e. The van der Waals surface area contributed by atoms with Gasteiger partial charge in [0, 0.05) is 11.8 Å². The molecule has 0 aliphatic heterocycles. The molecule has 1 amide bonds. The highest BCUT2D eigenvalue weighted by atomic mass is 79.9. The summed E-state index contributed by atoms with van der Waals surface area (Å²) in [6, 6.07) is 13.2. The van der Waals surface area contributed by atoms with Crippen LogP contribution in [0.2, 0.25) is 0 Å². The number of rotatable bonds is 9. The van der Waals surface area contributed by atoms with Crippen LogP contribution in [-0.4, -0.2) is 19.1 Å². The number of hydrogen-bond donors (Lipinski definition) is 1. The summed E-state index contributed by atoms with van der Waals surface area (Å²) in [5.74, 6) is 1.58. The molecule has 27 heavy (non-hydrogen) atoms. The van der Waals surface area contributed by atoms with E-state index in [0.29, 0.717) is 29.7 Å². The first-order valence-corrected chi connectivity index (χ1v) is 9.77. The third-order valence-corrected chi connectivity index (χ3v) is 4.72. The summed E-state index contributed by atoms with van der Waals surface area (Å²) < 4.78 is 12.1. The highest BCUT2D eigenvalue weighted by Gasteiger charge is 2.10. The van der Waals surface area contributed by atoms with Crippen molar-refractivity contribution in [2.45, 2.75) is 33.1 Å². The predicted octanol–water partition coefficient (Wildman–Crippen LogP) is 5.94. The van der Waals surface area contributed by atoms with Crippen molar-refractivity contribution in [1.29, 1.82) is 0 Å². The van der Waals surface area contributed by atoms with Gasteiger partial charge in [0.15, 0.2) is 6.61 Å². The molecule has 0 aliphatic rings. The normalized spacial score (nSPS) is 11.6. The summed E-state index contributed by atoms with van der Waals surface area (Å²) in [6.45, 7) is 10.4. The molecule has 1 unspecified atom stereocenters. The minimum atomic E-state index is -0.232. The van der Waals surface area contributed by atoms with E-state index < -0.39 is 0 Å². The first-order valence-electron chi connectivity index (χ1n) is 8.98. The van der Waals surface area contributed by atoms with Crippen molar-refractivity contribution in [2.24, 2.45) is 0 Å². The molecule has 5 heteroatoms. The maximum absolute atomic E-state index is 12.2. The number of hydrogen-bond acceptors (Lipinski definition) is 3. The molecule has 1 atom stereocenters. The van der Waals surface area contributed by atoms with Gasteiger partial charge in [-0.1, -0.05) is 32.6 Å². The standard InChI is InChI=1S/C22H26BrNO3/c1-5-16(4)17-9-10-21(20(23)11-17)27-14-22(25)24-18-7-6-8-19(12-18)26-13-15(2)3/h6-12,16H,2,5,13-14H2,1,3-4H3,(H,24,25). The Balaban J connectivity index is 1.91. The Morgan fingerprint density at radius 3 is 2.63 bits per heavy atom. The van der Waals surface area contributed by atoms with Crippen LogP contribution in [0.3, 0.4) is 0 Å². The van der Waals surface area contributed by atoms with Crippen LogP contribution in [0.5, 0.6) is 11.5 Å². The zero-order valence-corrected chi connectivity index (χ0v) is 17.6. The largest absolute Gasteiger partial charge is 0.489 e. The summed E-state index contributed by atoms with van der Waals surface area (Å²) in [7, 11) is 0. The van der Waals surface area contributed by atoms with Crippen molar-refractivity contribution in [3.05, 3.63) is 64.7 Å². The smallest absolute Gasteiger partial charge is 0.262 e. The summed E-state index contributed by atoms with van der Waals surface area (Å²) in [5.41, 5.74) is 2.84. The fourth-order valence-electron chi connectivity index (χ4n) is 2.39. The molecule has 0 fully saturated rings. The minimum absolute atomic E-state index is 0.0713. The number of amides is 1. The van der Waals surface area contributed by atoms with Gasteiger partial charge in [-0.25, -0.2) is 0 Å². The summed E-state index contributed by atoms with van der Waals surface area (Å²) in [5, 5.41) is 2.82. The number of nitrogens with one attached hydrogen (secondary N) is 1. The van der Waals surface area contributed by atoms with E-state index in [9.17, 15) is 4.79 Å². The van der Waals surface area contributed by atoms with Crippen molar-refractivity contribution in [1.82, 2.24) is 0 Å². The van der Waals surface area contributed by atoms with Crippen LogP contribution in [0.1, 0.15) is 38.7 Å². The van der Waals surface area contributed by atoms with Crippen molar-refractivity contribution in [2.75, 3.05) is 18.5 Å². The van der Waals surface area contributed by atoms with Crippen LogP contribution in [0, 0.1) is 0 Å². The Morgan fingerprint density at radius 2 is 1.96 bits per heavy atom. The Morgan fingerprint density at radius 1 is 1.19 bits per heavy atom. The summed E-state index contributed by atoms with van der Waals surface area (Å²) in [6.07, 6.45) is 1.07. The van der Waals surface area contributed by atoms with E-state index in [4.69, 9.17) is 9.47 Å². The third-order valence-electron chi connectivity index (χ3n) is 4.10. The van der Waals surface area contributed by atoms with E-state index in [1.807, 2.05) is 43.3 Å². The maximum atomic E-state index is 12.2. The predicted molar refractivity (Wildman–Crippen MR) is 114 cm³/mol. The molecular weight excluding hydrogens is 406 g/mol. The van der Waals surface area contributed by atoms with Crippen molar-refractivity contribution >= 4 is 27.5 Å². The number of anilines is 1. The average molecular weight is 432 g/mol. The van der Waals surface area contributed by atoms with Gasteiger partial charge in [-0.05, 0) is 70.6 Å². The van der Waals surface area contributed by atoms with Gasteiger partial charge >= 0.3 is 0 Å². The molecule has 0 aliphatic carbocycles. The van der Waals surface area contributed by atoms with Crippen LogP contribution in [0.25, 0.3) is 0 Å². The second-order valence-corrected chi connectivity index (χ2v) is 7.46. The van der Waals surface area contributed by atoms with Crippen LogP contribution in [0.15, 0.2) is 59.1 Å². The van der Waals surface area contributed by atoms with Gasteiger partial charge in [0.25, 0.3) is 5.91 Å². The van der Waals surface area contributed by atoms with E-state index in [-0.39, 0.29) is 12.5 Å². The van der Waals surface area contributed by atoms with Gasteiger partial charge in [0.05, 0.1) is 4.47 Å². The molecule has 0 saturated heterocycles. The van der Waals surface area contributed by atoms with Crippen molar-refractivity contribution < 1.29 is 14.3 Å². The molecule has 2 rings (SSSR count). The Labute approximate surface area is 169 Å². The second kappa shape index (κ2) is 10.2. The lowest BCUT2D eigenvalue weighted by molar-refractivity contribution is -0.118. The molecular formula is C22H26BrNO3. The Bertz CT molecular complexity index is 804. The third kappa shape index (κ3) is 6.75. The molecule has 144 valence electrons. The first kappa shape index (κ1) is 21.0. The number of benzene rings is 2. The average Bonchev–Trinajstić information content (AvgIpc) is 2.65. The molecule has 0 bridgehead atoms. The lowest BCUT2D eigenvalue weighted by Gasteiger charge is -2.13. The SMILES string of the molecule is C=C(C)COc1cccc(NC(=O)COc2ccc(C(C)CC)cc2Br)c1. The monoisotopic (exact) mass is 431 g/mol. The van der Waals surface area contributed by atoms with Crippen LogP contribution in [0.4, 0.5) is 5.69 Å². The van der Waals surface area contributed by atoms with E-state index in [0.717, 1.165) is 16.5 Å². The van der Waals surface area contributed by atoms with Gasteiger partial charge in [-0.3, -0.25) is 4.79 Å². The molecule has 2 aromatic rings. The zero-order chi connectivity index (χ0) is 19.8. The molecule has 0 spiro atoms. The highest BCUT2D eigenvalue weighted by Crippen LogP contribution is 2.30. The van der Waals surface area contributed by atoms with Crippen LogP contribution in [-0.2, 0) is 4.79 Å². The quantitative estimate of drug-likeness (QED) is 0.500. The summed E-state index contributed by atoms with van der Waals surface area (Å²) in [4.78, 5) is 12.2. The Kier molecular flexibility index (Phi) is 7.92. The van der Waals surface area contributed by atoms with Gasteiger partial charge in [0.1, 0.15) is 18.1 Å². The molecule has 1 N–H and O–H groups in total. The lowest BCUT2D eigenvalue weighted by Crippen LogP contribution is -2.20. The fraction of sp³-hybridized carbons (Fsp3) is 0.318. The van der Waals surface area contributed by atoms with Crippen molar-refractivity contribution in [3.8, 4) is 11.5 Å². The zero-order valence-electron chi connectivity index (χ0n) is 16.0. The molecule has 0 radical (unpaired) electrons. The second-order valence-electron chi connectivity index (χ2n) is 6.61. The molecule has 2 aromatic carbocycles. The van der Waals surface area contributed by atoms with Crippen LogP contribution < -0.4 is 14.8 Å². The minimum Gasteiger partial charge on any atom is -0.489 e. The number of halogens is 1. The first-order chi connectivity index (χ1) is 12.9. The number of carbonyl (C=O) groups excluding carboxylic acids is 1. The van der Waals surface area contributed by atoms with E-state index in [1.165, 1.54) is 5.56 Å². The van der Waals surface area contributed by atoms with Gasteiger partial charge in [-0.15, -0.1) is 0 Å². The topological polar surface area (TPSA) is 47.6 Å². The van der Waals surface area contributed by atoms with Crippen molar-refractivity contribution in [3.63, 3.8) is 0 Å². The highest BCUT2D eigenvalue weighted by molar-refractivity contribution is 9.10. The Hall–Kier alpha value is -2.27. The molecule has 4 nitrogen and oxygen atoms in total.